The molecule has 0 fully saturated rings. The normalized spacial score (nSPS) is 8.50. The first-order valence-corrected chi connectivity index (χ1v) is 4.39. The van der Waals surface area contributed by atoms with E-state index in [0.717, 1.165) is 6.42 Å². The molecule has 0 heterocycles. The van der Waals surface area contributed by atoms with Crippen LogP contribution in [0.3, 0.4) is 0 Å². The third-order valence-corrected chi connectivity index (χ3v) is 1.98. The van der Waals surface area contributed by atoms with E-state index in [0.29, 0.717) is 0 Å². The van der Waals surface area contributed by atoms with Crippen LogP contribution in [-0.2, 0) is 0 Å². The van der Waals surface area contributed by atoms with Gasteiger partial charge in [0.25, 0.3) is 0 Å². The molecule has 0 aromatic heterocycles. The number of hydrogen-bond donors (Lipinski definition) is 0. The minimum absolute atomic E-state index is 1.09. The first kappa shape index (κ1) is 9.61. The van der Waals surface area contributed by atoms with Crippen LogP contribution in [0.2, 0.25) is 0 Å². The fourth-order valence-corrected chi connectivity index (χ4v) is 1.17. The van der Waals surface area contributed by atoms with Crippen LogP contribution in [0, 0.1) is 0 Å². The van der Waals surface area contributed by atoms with Gasteiger partial charge in [-0.1, -0.05) is 38.3 Å². The third kappa shape index (κ3) is 4.49. The van der Waals surface area contributed by atoms with Crippen LogP contribution in [0.15, 0.2) is 29.2 Å². The molecule has 10 heavy (non-hydrogen) atoms. The molecule has 0 aromatic carbocycles. The first-order chi connectivity index (χ1) is 4.85. The molecule has 0 saturated heterocycles. The van der Waals surface area contributed by atoms with Crippen molar-refractivity contribution in [2.24, 2.45) is 0 Å². The van der Waals surface area contributed by atoms with Crippen molar-refractivity contribution in [2.75, 3.05) is 0 Å². The van der Waals surface area contributed by atoms with Crippen molar-refractivity contribution in [1.29, 1.82) is 0 Å². The van der Waals surface area contributed by atoms with E-state index >= 15 is 0 Å². The Hall–Kier alpha value is -0.390. The smallest absolute Gasteiger partial charge is 0.0303 e. The monoisotopic (exact) mass is 154 g/mol. The largest absolute Gasteiger partial charge is 0.118 e. The van der Waals surface area contributed by atoms with Gasteiger partial charge >= 0.3 is 0 Å². The Balaban J connectivity index is 3.62. The fraction of sp³-hybridized carbons (Fsp3) is 0.444. The quantitative estimate of drug-likeness (QED) is 0.544. The molecular weight excluding hydrogens is 140 g/mol. The van der Waals surface area contributed by atoms with E-state index in [4.69, 9.17) is 0 Å². The molecule has 0 nitrogen and oxygen atoms in total. The molecule has 0 saturated carbocycles. The van der Waals surface area contributed by atoms with E-state index in [1.807, 2.05) is 5.41 Å². The summed E-state index contributed by atoms with van der Waals surface area (Å²) >= 11 is 1.62. The summed E-state index contributed by atoms with van der Waals surface area (Å²) < 4.78 is 0. The minimum Gasteiger partial charge on any atom is -0.118 e. The summed E-state index contributed by atoms with van der Waals surface area (Å²) in [6.07, 6.45) is 3.54. The Morgan fingerprint density at radius 3 is 2.80 bits per heavy atom. The second kappa shape index (κ2) is 6.73. The lowest BCUT2D eigenvalue weighted by Crippen LogP contribution is -1.73. The summed E-state index contributed by atoms with van der Waals surface area (Å²) in [7, 11) is 0. The fourth-order valence-electron chi connectivity index (χ4n) is 0.627. The van der Waals surface area contributed by atoms with Gasteiger partial charge in [0.15, 0.2) is 0 Å². The Labute approximate surface area is 67.7 Å². The van der Waals surface area contributed by atoms with Crippen LogP contribution in [0.1, 0.15) is 26.2 Å². The van der Waals surface area contributed by atoms with Gasteiger partial charge in [-0.15, -0.1) is 5.73 Å². The van der Waals surface area contributed by atoms with Gasteiger partial charge in [-0.05, 0) is 18.2 Å². The lowest BCUT2D eigenvalue weighted by Gasteiger charge is -1.97. The van der Waals surface area contributed by atoms with Crippen LogP contribution in [0.4, 0.5) is 0 Å². The molecule has 0 rings (SSSR count). The molecule has 0 aliphatic carbocycles. The standard InChI is InChI=1S/C9H14S/c1-4-7-8-9(5-2)10-6-3/h6H,2-4,7-8H2,1H3. The zero-order valence-electron chi connectivity index (χ0n) is 6.52. The molecule has 0 radical (unpaired) electrons. The lowest BCUT2D eigenvalue weighted by atomic mass is 10.2. The number of allylic oxidation sites excluding steroid dienone is 1. The summed E-state index contributed by atoms with van der Waals surface area (Å²) in [5, 5.41) is 1.82. The molecule has 1 heteroatoms. The highest BCUT2D eigenvalue weighted by molar-refractivity contribution is 8.05. The van der Waals surface area contributed by atoms with Gasteiger partial charge < -0.3 is 0 Å². The highest BCUT2D eigenvalue weighted by atomic mass is 32.2. The van der Waals surface area contributed by atoms with Gasteiger partial charge in [-0.2, -0.15) is 0 Å². The maximum absolute atomic E-state index is 3.63. The second-order valence-electron chi connectivity index (χ2n) is 1.99. The van der Waals surface area contributed by atoms with Crippen molar-refractivity contribution in [1.82, 2.24) is 0 Å². The van der Waals surface area contributed by atoms with Gasteiger partial charge in [-0.3, -0.25) is 0 Å². The van der Waals surface area contributed by atoms with Gasteiger partial charge in [0.05, 0.1) is 0 Å². The van der Waals surface area contributed by atoms with E-state index < -0.39 is 0 Å². The van der Waals surface area contributed by atoms with Crippen LogP contribution < -0.4 is 0 Å². The maximum atomic E-state index is 3.63. The summed E-state index contributed by atoms with van der Waals surface area (Å²) in [4.78, 5) is 1.21. The second-order valence-corrected chi connectivity index (χ2v) is 3.05. The summed E-state index contributed by atoms with van der Waals surface area (Å²) in [6, 6.07) is 0. The number of thioether (sulfide) groups is 1. The maximum Gasteiger partial charge on any atom is 0.0303 e. The zero-order valence-corrected chi connectivity index (χ0v) is 7.34. The van der Waals surface area contributed by atoms with E-state index in [9.17, 15) is 0 Å². The van der Waals surface area contributed by atoms with Crippen LogP contribution >= 0.6 is 11.8 Å². The Morgan fingerprint density at radius 1 is 1.70 bits per heavy atom. The molecule has 0 spiro atoms. The molecule has 0 aromatic rings. The van der Waals surface area contributed by atoms with Gasteiger partial charge in [0.2, 0.25) is 0 Å². The molecule has 0 aliphatic heterocycles. The van der Waals surface area contributed by atoms with Crippen molar-refractivity contribution in [3.8, 4) is 0 Å². The SMILES string of the molecule is C=C=C(CCCC)SC=C. The number of rotatable bonds is 5. The summed E-state index contributed by atoms with van der Waals surface area (Å²) in [6.45, 7) is 9.41. The summed E-state index contributed by atoms with van der Waals surface area (Å²) in [5.41, 5.74) is 2.90. The highest BCUT2D eigenvalue weighted by Gasteiger charge is 1.91. The molecule has 0 N–H and O–H groups in total. The third-order valence-electron chi connectivity index (χ3n) is 1.18. The molecule has 0 bridgehead atoms. The average Bonchev–Trinajstić information content (AvgIpc) is 1.98. The summed E-state index contributed by atoms with van der Waals surface area (Å²) in [5.74, 6) is 0. The minimum atomic E-state index is 1.09. The van der Waals surface area contributed by atoms with E-state index in [-0.39, 0.29) is 0 Å². The van der Waals surface area contributed by atoms with E-state index in [2.05, 4.69) is 25.8 Å². The average molecular weight is 154 g/mol. The Morgan fingerprint density at radius 2 is 2.40 bits per heavy atom. The first-order valence-electron chi connectivity index (χ1n) is 3.51. The van der Waals surface area contributed by atoms with Crippen molar-refractivity contribution in [3.63, 3.8) is 0 Å². The van der Waals surface area contributed by atoms with Crippen LogP contribution in [-0.4, -0.2) is 0 Å². The van der Waals surface area contributed by atoms with Crippen molar-refractivity contribution < 1.29 is 0 Å². The topological polar surface area (TPSA) is 0 Å². The van der Waals surface area contributed by atoms with E-state index in [1.54, 1.807) is 11.8 Å². The molecule has 56 valence electrons. The lowest BCUT2D eigenvalue weighted by molar-refractivity contribution is 0.810. The van der Waals surface area contributed by atoms with Crippen molar-refractivity contribution >= 4 is 11.8 Å². The van der Waals surface area contributed by atoms with Crippen molar-refractivity contribution in [2.45, 2.75) is 26.2 Å². The predicted octanol–water partition coefficient (Wildman–Crippen LogP) is 3.72. The molecular formula is C9H14S. The number of hydrogen-bond acceptors (Lipinski definition) is 1. The van der Waals surface area contributed by atoms with Gasteiger partial charge in [0.1, 0.15) is 0 Å². The van der Waals surface area contributed by atoms with Crippen LogP contribution in [0.25, 0.3) is 0 Å². The number of unbranched alkanes of at least 4 members (excludes halogenated alkanes) is 1. The van der Waals surface area contributed by atoms with E-state index in [1.165, 1.54) is 17.7 Å². The van der Waals surface area contributed by atoms with Crippen molar-refractivity contribution in [3.05, 3.63) is 29.2 Å². The Kier molecular flexibility index (Phi) is 6.46. The van der Waals surface area contributed by atoms with Gasteiger partial charge in [-0.25, -0.2) is 0 Å². The molecule has 0 amide bonds. The predicted molar refractivity (Wildman–Crippen MR) is 50.0 cm³/mol. The molecule has 0 aliphatic rings. The van der Waals surface area contributed by atoms with Gasteiger partial charge in [0, 0.05) is 4.91 Å². The molecule has 0 atom stereocenters. The Bertz CT molecular complexity index is 141. The molecule has 0 unspecified atom stereocenters. The highest BCUT2D eigenvalue weighted by Crippen LogP contribution is 2.20. The van der Waals surface area contributed by atoms with Crippen LogP contribution in [0.5, 0.6) is 0 Å². The zero-order chi connectivity index (χ0) is 7.82.